The monoisotopic (exact) mass is 195 g/mol. The minimum Gasteiger partial charge on any atom is -0.330 e. The molecular formula is C11H17NO2. The highest BCUT2D eigenvalue weighted by Gasteiger charge is 2.09. The van der Waals surface area contributed by atoms with Gasteiger partial charge in [-0.05, 0) is 37.4 Å². The molecule has 0 radical (unpaired) electrons. The largest absolute Gasteiger partial charge is 0.330 e. The Morgan fingerprint density at radius 1 is 1.07 bits per heavy atom. The molecule has 3 heteroatoms. The van der Waals surface area contributed by atoms with Crippen molar-refractivity contribution in [3.63, 3.8) is 0 Å². The lowest BCUT2D eigenvalue weighted by molar-refractivity contribution is 0.366. The molecule has 78 valence electrons. The molecule has 2 rings (SSSR count). The van der Waals surface area contributed by atoms with Crippen LogP contribution in [0, 0.1) is 5.92 Å². The van der Waals surface area contributed by atoms with Crippen LogP contribution in [0.1, 0.15) is 32.1 Å². The number of nitrogens with two attached hydrogens (primary N) is 1. The summed E-state index contributed by atoms with van der Waals surface area (Å²) in [7, 11) is 0. The second kappa shape index (κ2) is 5.70. The van der Waals surface area contributed by atoms with Gasteiger partial charge in [0.05, 0.1) is 0 Å². The standard InChI is InChI=1S/C7H15N.C4H2O2/c8-6-7-4-2-1-3-5-7;5-3-1-2-4(3)6/h7H,1-6,8H2;1-2H. The van der Waals surface area contributed by atoms with Gasteiger partial charge in [-0.3, -0.25) is 9.59 Å². The number of rotatable bonds is 1. The molecular weight excluding hydrogens is 178 g/mol. The maximum absolute atomic E-state index is 9.79. The van der Waals surface area contributed by atoms with E-state index in [1.54, 1.807) is 0 Å². The molecule has 1 aliphatic rings. The van der Waals surface area contributed by atoms with Gasteiger partial charge in [0.15, 0.2) is 0 Å². The summed E-state index contributed by atoms with van der Waals surface area (Å²) in [4.78, 5) is 19.6. The van der Waals surface area contributed by atoms with E-state index in [-0.39, 0.29) is 10.9 Å². The lowest BCUT2D eigenvalue weighted by Gasteiger charge is -2.18. The minimum absolute atomic E-state index is 0.380. The highest BCUT2D eigenvalue weighted by molar-refractivity contribution is 5.01. The van der Waals surface area contributed by atoms with Crippen LogP contribution in [0.5, 0.6) is 0 Å². The second-order valence-corrected chi connectivity index (χ2v) is 3.80. The van der Waals surface area contributed by atoms with Gasteiger partial charge in [0, 0.05) is 0 Å². The van der Waals surface area contributed by atoms with Crippen LogP contribution in [-0.2, 0) is 0 Å². The van der Waals surface area contributed by atoms with Crippen molar-refractivity contribution >= 4 is 0 Å². The molecule has 0 unspecified atom stereocenters. The van der Waals surface area contributed by atoms with Crippen LogP contribution in [0.3, 0.4) is 0 Å². The minimum atomic E-state index is -0.380. The summed E-state index contributed by atoms with van der Waals surface area (Å²) in [5.41, 5.74) is 4.74. The zero-order valence-electron chi connectivity index (χ0n) is 8.37. The molecule has 14 heavy (non-hydrogen) atoms. The van der Waals surface area contributed by atoms with Gasteiger partial charge < -0.3 is 5.73 Å². The lowest BCUT2D eigenvalue weighted by Crippen LogP contribution is -2.26. The van der Waals surface area contributed by atoms with E-state index in [2.05, 4.69) is 0 Å². The molecule has 1 saturated carbocycles. The van der Waals surface area contributed by atoms with E-state index in [0.717, 1.165) is 12.5 Å². The first-order chi connectivity index (χ1) is 6.74. The van der Waals surface area contributed by atoms with E-state index in [4.69, 9.17) is 5.73 Å². The van der Waals surface area contributed by atoms with Gasteiger partial charge in [0.2, 0.25) is 10.9 Å². The summed E-state index contributed by atoms with van der Waals surface area (Å²) in [6, 6.07) is 2.50. The van der Waals surface area contributed by atoms with Crippen LogP contribution in [0.2, 0.25) is 0 Å². The first kappa shape index (κ1) is 11.1. The molecule has 3 nitrogen and oxygen atoms in total. The van der Waals surface area contributed by atoms with Gasteiger partial charge in [0.25, 0.3) is 0 Å². The predicted molar refractivity (Wildman–Crippen MR) is 57.0 cm³/mol. The van der Waals surface area contributed by atoms with Gasteiger partial charge in [-0.15, -0.1) is 0 Å². The Kier molecular flexibility index (Phi) is 4.53. The van der Waals surface area contributed by atoms with E-state index < -0.39 is 0 Å². The number of hydrogen-bond acceptors (Lipinski definition) is 3. The molecule has 0 spiro atoms. The Morgan fingerprint density at radius 3 is 1.79 bits per heavy atom. The highest BCUT2D eigenvalue weighted by atomic mass is 16.2. The van der Waals surface area contributed by atoms with E-state index >= 15 is 0 Å². The van der Waals surface area contributed by atoms with Crippen LogP contribution < -0.4 is 16.6 Å². The Morgan fingerprint density at radius 2 is 1.57 bits per heavy atom. The van der Waals surface area contributed by atoms with E-state index in [1.807, 2.05) is 0 Å². The van der Waals surface area contributed by atoms with Crippen LogP contribution in [0.4, 0.5) is 0 Å². The van der Waals surface area contributed by atoms with Crippen molar-refractivity contribution in [3.05, 3.63) is 32.6 Å². The topological polar surface area (TPSA) is 60.2 Å². The van der Waals surface area contributed by atoms with Crippen LogP contribution in [-0.4, -0.2) is 6.54 Å². The van der Waals surface area contributed by atoms with Crippen molar-refractivity contribution in [2.45, 2.75) is 32.1 Å². The molecule has 0 bridgehead atoms. The van der Waals surface area contributed by atoms with E-state index in [0.29, 0.717) is 0 Å². The fourth-order valence-electron chi connectivity index (χ4n) is 1.64. The SMILES string of the molecule is NCC1CCCCC1.O=c1ccc1=O. The summed E-state index contributed by atoms with van der Waals surface area (Å²) in [5.74, 6) is 0.865. The molecule has 1 aromatic rings. The molecule has 1 aliphatic carbocycles. The summed E-state index contributed by atoms with van der Waals surface area (Å²) < 4.78 is 0. The summed E-state index contributed by atoms with van der Waals surface area (Å²) in [6.45, 7) is 0.917. The zero-order valence-corrected chi connectivity index (χ0v) is 8.37. The average Bonchev–Trinajstić information content (AvgIpc) is 2.28. The fraction of sp³-hybridized carbons (Fsp3) is 0.636. The molecule has 0 heterocycles. The Bertz CT molecular complexity index is 296. The molecule has 0 amide bonds. The van der Waals surface area contributed by atoms with Crippen LogP contribution >= 0.6 is 0 Å². The third-order valence-corrected chi connectivity index (χ3v) is 2.69. The maximum atomic E-state index is 9.79. The smallest absolute Gasteiger partial charge is 0.225 e. The average molecular weight is 195 g/mol. The first-order valence-corrected chi connectivity index (χ1v) is 5.20. The van der Waals surface area contributed by atoms with Crippen LogP contribution in [0.15, 0.2) is 21.7 Å². The molecule has 2 N–H and O–H groups in total. The summed E-state index contributed by atoms with van der Waals surface area (Å²) in [6.07, 6.45) is 7.05. The molecule has 1 fully saturated rings. The Balaban J connectivity index is 0.000000146. The predicted octanol–water partition coefficient (Wildman–Crippen LogP) is 0.808. The Hall–Kier alpha value is -0.960. The van der Waals surface area contributed by atoms with Crippen molar-refractivity contribution in [2.75, 3.05) is 6.54 Å². The maximum Gasteiger partial charge on any atom is 0.225 e. The van der Waals surface area contributed by atoms with Crippen molar-refractivity contribution in [3.8, 4) is 0 Å². The summed E-state index contributed by atoms with van der Waals surface area (Å²) in [5, 5.41) is 0. The first-order valence-electron chi connectivity index (χ1n) is 5.20. The summed E-state index contributed by atoms with van der Waals surface area (Å²) >= 11 is 0. The third kappa shape index (κ3) is 3.42. The molecule has 0 aliphatic heterocycles. The molecule has 0 saturated heterocycles. The van der Waals surface area contributed by atoms with E-state index in [9.17, 15) is 9.59 Å². The quantitative estimate of drug-likeness (QED) is 0.674. The van der Waals surface area contributed by atoms with Crippen molar-refractivity contribution < 1.29 is 0 Å². The Labute approximate surface area is 83.6 Å². The van der Waals surface area contributed by atoms with Gasteiger partial charge in [-0.25, -0.2) is 0 Å². The van der Waals surface area contributed by atoms with Gasteiger partial charge >= 0.3 is 0 Å². The number of hydrogen-bond donors (Lipinski definition) is 1. The highest BCUT2D eigenvalue weighted by Crippen LogP contribution is 2.21. The molecule has 0 aromatic heterocycles. The fourth-order valence-corrected chi connectivity index (χ4v) is 1.64. The second-order valence-electron chi connectivity index (χ2n) is 3.80. The van der Waals surface area contributed by atoms with Crippen molar-refractivity contribution in [1.82, 2.24) is 0 Å². The van der Waals surface area contributed by atoms with Gasteiger partial charge in [-0.1, -0.05) is 19.3 Å². The van der Waals surface area contributed by atoms with Gasteiger partial charge in [-0.2, -0.15) is 0 Å². The van der Waals surface area contributed by atoms with E-state index in [1.165, 1.54) is 44.2 Å². The molecule has 0 atom stereocenters. The van der Waals surface area contributed by atoms with Crippen molar-refractivity contribution in [1.29, 1.82) is 0 Å². The molecule has 1 aromatic carbocycles. The zero-order chi connectivity index (χ0) is 10.4. The van der Waals surface area contributed by atoms with Crippen LogP contribution in [0.25, 0.3) is 0 Å². The van der Waals surface area contributed by atoms with Gasteiger partial charge in [0.1, 0.15) is 0 Å². The lowest BCUT2D eigenvalue weighted by atomic mass is 9.90. The third-order valence-electron chi connectivity index (χ3n) is 2.69. The normalized spacial score (nSPS) is 17.5. The van der Waals surface area contributed by atoms with Crippen molar-refractivity contribution in [2.24, 2.45) is 11.7 Å².